The van der Waals surface area contributed by atoms with Gasteiger partial charge in [0.15, 0.2) is 0 Å². The van der Waals surface area contributed by atoms with Crippen molar-refractivity contribution in [1.82, 2.24) is 0 Å². The first-order valence-corrected chi connectivity index (χ1v) is 5.60. The van der Waals surface area contributed by atoms with Gasteiger partial charge in [-0.3, -0.25) is 0 Å². The van der Waals surface area contributed by atoms with E-state index in [1.54, 1.807) is 0 Å². The molecule has 2 rings (SSSR count). The van der Waals surface area contributed by atoms with Crippen LogP contribution in [-0.4, -0.2) is 19.7 Å². The molecule has 1 atom stereocenters. The molecule has 0 saturated carbocycles. The number of nitrogens with zero attached hydrogens (tertiary/aromatic N) is 2. The zero-order valence-electron chi connectivity index (χ0n) is 9.73. The molecule has 0 spiro atoms. The summed E-state index contributed by atoms with van der Waals surface area (Å²) in [5, 5.41) is 8.89. The maximum absolute atomic E-state index is 8.89. The molecule has 1 aromatic carbocycles. The highest BCUT2D eigenvalue weighted by molar-refractivity contribution is 5.54. The maximum atomic E-state index is 8.89. The lowest BCUT2D eigenvalue weighted by Crippen LogP contribution is -2.27. The van der Waals surface area contributed by atoms with Crippen LogP contribution in [0, 0.1) is 11.3 Å². The van der Waals surface area contributed by atoms with Gasteiger partial charge in [-0.25, -0.2) is 0 Å². The van der Waals surface area contributed by atoms with Crippen LogP contribution < -0.4 is 9.64 Å². The van der Waals surface area contributed by atoms with E-state index in [2.05, 4.69) is 12.1 Å². The molecule has 1 aliphatic rings. The van der Waals surface area contributed by atoms with Crippen LogP contribution in [0.4, 0.5) is 5.69 Å². The first-order chi connectivity index (χ1) is 7.72. The fraction of sp³-hybridized carbons (Fsp3) is 0.462. The minimum Gasteiger partial charge on any atom is -0.493 e. The SMILES string of the molecule is CC(C#N)N(C)c1ccc2c(c1)CCCO2. The minimum absolute atomic E-state index is 0.109. The van der Waals surface area contributed by atoms with E-state index in [-0.39, 0.29) is 6.04 Å². The van der Waals surface area contributed by atoms with Crippen molar-refractivity contribution in [1.29, 1.82) is 5.26 Å². The molecule has 3 nitrogen and oxygen atoms in total. The van der Waals surface area contributed by atoms with Gasteiger partial charge in [0.05, 0.1) is 12.7 Å². The molecule has 0 aromatic heterocycles. The van der Waals surface area contributed by atoms with E-state index in [0.717, 1.165) is 30.9 Å². The van der Waals surface area contributed by atoms with Crippen molar-refractivity contribution in [3.8, 4) is 11.8 Å². The van der Waals surface area contributed by atoms with E-state index in [1.807, 2.05) is 31.0 Å². The third-order valence-electron chi connectivity index (χ3n) is 3.07. The van der Waals surface area contributed by atoms with E-state index >= 15 is 0 Å². The number of nitriles is 1. The van der Waals surface area contributed by atoms with Gasteiger partial charge in [0.25, 0.3) is 0 Å². The molecule has 0 bridgehead atoms. The Balaban J connectivity index is 2.27. The van der Waals surface area contributed by atoms with Gasteiger partial charge >= 0.3 is 0 Å². The molecule has 0 aliphatic carbocycles. The highest BCUT2D eigenvalue weighted by Crippen LogP contribution is 2.29. The molecule has 16 heavy (non-hydrogen) atoms. The van der Waals surface area contributed by atoms with Crippen molar-refractivity contribution in [3.63, 3.8) is 0 Å². The van der Waals surface area contributed by atoms with Crippen LogP contribution in [0.15, 0.2) is 18.2 Å². The molecule has 1 aromatic rings. The number of anilines is 1. The van der Waals surface area contributed by atoms with Gasteiger partial charge in [-0.1, -0.05) is 0 Å². The molecule has 0 N–H and O–H groups in total. The Morgan fingerprint density at radius 1 is 1.50 bits per heavy atom. The van der Waals surface area contributed by atoms with E-state index in [1.165, 1.54) is 5.56 Å². The Labute approximate surface area is 96.2 Å². The maximum Gasteiger partial charge on any atom is 0.122 e. The van der Waals surface area contributed by atoms with Crippen molar-refractivity contribution < 1.29 is 4.74 Å². The first kappa shape index (κ1) is 10.8. The third kappa shape index (κ3) is 1.96. The van der Waals surface area contributed by atoms with Gasteiger partial charge in [0.2, 0.25) is 0 Å². The molecular weight excluding hydrogens is 200 g/mol. The fourth-order valence-corrected chi connectivity index (χ4v) is 1.88. The molecule has 0 radical (unpaired) electrons. The average Bonchev–Trinajstić information content (AvgIpc) is 2.36. The minimum atomic E-state index is -0.109. The Hall–Kier alpha value is -1.69. The summed E-state index contributed by atoms with van der Waals surface area (Å²) in [6.45, 7) is 2.72. The lowest BCUT2D eigenvalue weighted by Gasteiger charge is -2.24. The molecule has 0 amide bonds. The number of fused-ring (bicyclic) bond motifs is 1. The van der Waals surface area contributed by atoms with Crippen LogP contribution in [0.1, 0.15) is 18.9 Å². The second-order valence-corrected chi connectivity index (χ2v) is 4.16. The van der Waals surface area contributed by atoms with E-state index in [0.29, 0.717) is 0 Å². The Kier molecular flexibility index (Phi) is 3.00. The van der Waals surface area contributed by atoms with Crippen molar-refractivity contribution in [2.24, 2.45) is 0 Å². The van der Waals surface area contributed by atoms with Crippen LogP contribution in [0.2, 0.25) is 0 Å². The Morgan fingerprint density at radius 2 is 2.31 bits per heavy atom. The summed E-state index contributed by atoms with van der Waals surface area (Å²) in [5.41, 5.74) is 2.33. The Bertz CT molecular complexity index is 422. The molecule has 0 saturated heterocycles. The summed E-state index contributed by atoms with van der Waals surface area (Å²) in [6, 6.07) is 8.27. The summed E-state index contributed by atoms with van der Waals surface area (Å²) in [7, 11) is 1.94. The summed E-state index contributed by atoms with van der Waals surface area (Å²) < 4.78 is 5.56. The van der Waals surface area contributed by atoms with Crippen molar-refractivity contribution in [3.05, 3.63) is 23.8 Å². The summed E-state index contributed by atoms with van der Waals surface area (Å²) in [6.07, 6.45) is 2.14. The number of hydrogen-bond acceptors (Lipinski definition) is 3. The van der Waals surface area contributed by atoms with Gasteiger partial charge in [0, 0.05) is 12.7 Å². The smallest absolute Gasteiger partial charge is 0.122 e. The topological polar surface area (TPSA) is 36.3 Å². The fourth-order valence-electron chi connectivity index (χ4n) is 1.88. The predicted molar refractivity (Wildman–Crippen MR) is 63.7 cm³/mol. The molecule has 1 aliphatic heterocycles. The van der Waals surface area contributed by atoms with Crippen LogP contribution in [0.3, 0.4) is 0 Å². The van der Waals surface area contributed by atoms with E-state index in [9.17, 15) is 0 Å². The number of rotatable bonds is 2. The first-order valence-electron chi connectivity index (χ1n) is 5.60. The quantitative estimate of drug-likeness (QED) is 0.761. The molecule has 84 valence electrons. The van der Waals surface area contributed by atoms with Crippen LogP contribution >= 0.6 is 0 Å². The monoisotopic (exact) mass is 216 g/mol. The zero-order valence-corrected chi connectivity index (χ0v) is 9.73. The van der Waals surface area contributed by atoms with Gasteiger partial charge in [-0.05, 0) is 43.5 Å². The van der Waals surface area contributed by atoms with Crippen molar-refractivity contribution in [2.45, 2.75) is 25.8 Å². The van der Waals surface area contributed by atoms with Gasteiger partial charge in [-0.2, -0.15) is 5.26 Å². The van der Waals surface area contributed by atoms with Crippen LogP contribution in [-0.2, 0) is 6.42 Å². The number of benzene rings is 1. The second-order valence-electron chi connectivity index (χ2n) is 4.16. The van der Waals surface area contributed by atoms with Gasteiger partial charge in [0.1, 0.15) is 11.8 Å². The molecular formula is C13H16N2O. The lowest BCUT2D eigenvalue weighted by molar-refractivity contribution is 0.288. The van der Waals surface area contributed by atoms with Gasteiger partial charge < -0.3 is 9.64 Å². The lowest BCUT2D eigenvalue weighted by atomic mass is 10.1. The number of aryl methyl sites for hydroxylation is 1. The average molecular weight is 216 g/mol. The molecule has 3 heteroatoms. The normalized spacial score (nSPS) is 15.6. The second kappa shape index (κ2) is 4.44. The van der Waals surface area contributed by atoms with E-state index < -0.39 is 0 Å². The van der Waals surface area contributed by atoms with Crippen LogP contribution in [0.25, 0.3) is 0 Å². The standard InChI is InChI=1S/C13H16N2O/c1-10(9-14)15(2)12-5-6-13-11(8-12)4-3-7-16-13/h5-6,8,10H,3-4,7H2,1-2H3. The molecule has 0 fully saturated rings. The van der Waals surface area contributed by atoms with E-state index in [4.69, 9.17) is 10.00 Å². The molecule has 1 unspecified atom stereocenters. The highest BCUT2D eigenvalue weighted by atomic mass is 16.5. The summed E-state index contributed by atoms with van der Waals surface area (Å²) in [5.74, 6) is 0.994. The van der Waals surface area contributed by atoms with Crippen molar-refractivity contribution in [2.75, 3.05) is 18.6 Å². The van der Waals surface area contributed by atoms with Crippen LogP contribution in [0.5, 0.6) is 5.75 Å². The molecule has 1 heterocycles. The summed E-state index contributed by atoms with van der Waals surface area (Å²) >= 11 is 0. The zero-order chi connectivity index (χ0) is 11.5. The number of hydrogen-bond donors (Lipinski definition) is 0. The Morgan fingerprint density at radius 3 is 3.06 bits per heavy atom. The largest absolute Gasteiger partial charge is 0.493 e. The predicted octanol–water partition coefficient (Wildman–Crippen LogP) is 2.36. The highest BCUT2D eigenvalue weighted by Gasteiger charge is 2.14. The van der Waals surface area contributed by atoms with Gasteiger partial charge in [-0.15, -0.1) is 0 Å². The number of ether oxygens (including phenoxy) is 1. The summed E-state index contributed by atoms with van der Waals surface area (Å²) in [4.78, 5) is 1.98. The van der Waals surface area contributed by atoms with Crippen molar-refractivity contribution >= 4 is 5.69 Å². The third-order valence-corrected chi connectivity index (χ3v) is 3.07.